The molecular weight excluding hydrogens is 550 g/mol. The van der Waals surface area contributed by atoms with Crippen molar-refractivity contribution in [3.63, 3.8) is 0 Å². The van der Waals surface area contributed by atoms with Crippen molar-refractivity contribution in [1.82, 2.24) is 0 Å². The van der Waals surface area contributed by atoms with Gasteiger partial charge in [0.15, 0.2) is 6.04 Å². The van der Waals surface area contributed by atoms with Gasteiger partial charge in [-0.1, -0.05) is 6.08 Å². The maximum atomic E-state index is 13.7. The minimum Gasteiger partial charge on any atom is -0.493 e. The number of aliphatic imine (C=N–C) groups is 1. The zero-order valence-electron chi connectivity index (χ0n) is 22.7. The van der Waals surface area contributed by atoms with Gasteiger partial charge in [0.25, 0.3) is 0 Å². The van der Waals surface area contributed by atoms with Crippen LogP contribution >= 0.6 is 0 Å². The fourth-order valence-corrected chi connectivity index (χ4v) is 3.69. The van der Waals surface area contributed by atoms with Crippen LogP contribution in [0.2, 0.25) is 0 Å². The number of carbonyl (C=O) groups excluding carboxylic acids is 1. The van der Waals surface area contributed by atoms with Gasteiger partial charge in [0.05, 0.1) is 38.6 Å². The highest BCUT2D eigenvalue weighted by atomic mass is 19.4. The minimum absolute atomic E-state index is 0.158. The fourth-order valence-electron chi connectivity index (χ4n) is 3.69. The fraction of sp³-hybridized carbons (Fsp3) is 0.560. The molecule has 1 fully saturated rings. The third-order valence-corrected chi connectivity index (χ3v) is 5.58. The lowest BCUT2D eigenvalue weighted by Crippen LogP contribution is -2.42. The van der Waals surface area contributed by atoms with E-state index in [2.05, 4.69) is 9.73 Å². The van der Waals surface area contributed by atoms with E-state index in [1.807, 2.05) is 0 Å². The predicted molar refractivity (Wildman–Crippen MR) is 136 cm³/mol. The second kappa shape index (κ2) is 15.9. The molecule has 1 saturated heterocycles. The zero-order chi connectivity index (χ0) is 30.5. The normalized spacial score (nSPS) is 16.2. The van der Waals surface area contributed by atoms with Crippen molar-refractivity contribution in [3.8, 4) is 5.75 Å². The molecule has 15 heteroatoms. The summed E-state index contributed by atoms with van der Waals surface area (Å²) in [5, 5.41) is 0. The molecule has 226 valence electrons. The summed E-state index contributed by atoms with van der Waals surface area (Å²) in [4.78, 5) is 14.0. The molecule has 1 unspecified atom stereocenters. The molecule has 0 bridgehead atoms. The van der Waals surface area contributed by atoms with Gasteiger partial charge in [0.1, 0.15) is 5.75 Å². The average Bonchev–Trinajstić information content (AvgIpc) is 3.38. The molecule has 1 aliphatic heterocycles. The van der Waals surface area contributed by atoms with Crippen LogP contribution in [0.4, 0.5) is 26.3 Å². The van der Waals surface area contributed by atoms with Gasteiger partial charge in [-0.3, -0.25) is 16.0 Å². The molecule has 1 aromatic rings. The number of nitrogens with zero attached hydrogens (tertiary/aromatic N) is 2. The van der Waals surface area contributed by atoms with Crippen LogP contribution in [0, 0.1) is 0 Å². The molecule has 1 atom stereocenters. The van der Waals surface area contributed by atoms with E-state index in [1.165, 1.54) is 13.2 Å². The van der Waals surface area contributed by atoms with Crippen LogP contribution in [0.5, 0.6) is 5.75 Å². The number of unbranched alkanes of at least 4 members (excludes halogenated alkanes) is 1. The quantitative estimate of drug-likeness (QED) is 0.112. The molecule has 0 amide bonds. The summed E-state index contributed by atoms with van der Waals surface area (Å²) in [5.41, 5.74) is 11.3. The maximum Gasteiger partial charge on any atom is 0.490 e. The molecule has 0 aromatic heterocycles. The molecule has 1 heterocycles. The number of hydrogen-bond donors (Lipinski definition) is 2. The smallest absolute Gasteiger partial charge is 0.490 e. The van der Waals surface area contributed by atoms with Crippen molar-refractivity contribution in [1.29, 1.82) is 0 Å². The molecule has 9 nitrogen and oxygen atoms in total. The Bertz CT molecular complexity index is 1070. The third kappa shape index (κ3) is 10.6. The molecule has 40 heavy (non-hydrogen) atoms. The zero-order valence-corrected chi connectivity index (χ0v) is 22.7. The molecule has 1 aliphatic rings. The van der Waals surface area contributed by atoms with E-state index in [9.17, 15) is 31.1 Å². The highest BCUT2D eigenvalue weighted by molar-refractivity contribution is 5.88. The Labute approximate surface area is 228 Å². The van der Waals surface area contributed by atoms with Crippen molar-refractivity contribution in [2.24, 2.45) is 16.5 Å². The lowest BCUT2D eigenvalue weighted by atomic mass is 10.1. The van der Waals surface area contributed by atoms with Gasteiger partial charge in [-0.15, -0.1) is 0 Å². The molecule has 4 N–H and O–H groups in total. The second-order valence-electron chi connectivity index (χ2n) is 8.35. The summed E-state index contributed by atoms with van der Waals surface area (Å²) in [6.07, 6.45) is -4.92. The van der Waals surface area contributed by atoms with Crippen LogP contribution in [-0.4, -0.2) is 75.7 Å². The third-order valence-electron chi connectivity index (χ3n) is 5.58. The first-order valence-electron chi connectivity index (χ1n) is 12.1. The molecule has 0 radical (unpaired) electrons. The van der Waals surface area contributed by atoms with Crippen LogP contribution < -0.4 is 16.2 Å². The van der Waals surface area contributed by atoms with Gasteiger partial charge in [-0.2, -0.15) is 26.3 Å². The second-order valence-corrected chi connectivity index (χ2v) is 8.35. The summed E-state index contributed by atoms with van der Waals surface area (Å²) >= 11 is 0. The lowest BCUT2D eigenvalue weighted by molar-refractivity contribution is -0.530. The van der Waals surface area contributed by atoms with Gasteiger partial charge < -0.3 is 18.9 Å². The van der Waals surface area contributed by atoms with Gasteiger partial charge in [0, 0.05) is 19.3 Å². The highest BCUT2D eigenvalue weighted by Gasteiger charge is 2.40. The Morgan fingerprint density at radius 3 is 2.20 bits per heavy atom. The summed E-state index contributed by atoms with van der Waals surface area (Å²) in [6, 6.07) is 3.67. The predicted octanol–water partition coefficient (Wildman–Crippen LogP) is 4.09. The summed E-state index contributed by atoms with van der Waals surface area (Å²) in [5.74, 6) is -1.88. The molecule has 0 saturated carbocycles. The van der Waals surface area contributed by atoms with Crippen molar-refractivity contribution >= 4 is 23.5 Å². The van der Waals surface area contributed by atoms with Crippen LogP contribution in [-0.2, 0) is 25.2 Å². The largest absolute Gasteiger partial charge is 0.493 e. The Balaban J connectivity index is 0.000000869. The summed E-state index contributed by atoms with van der Waals surface area (Å²) < 4.78 is 95.0. The molecule has 0 aliphatic carbocycles. The van der Waals surface area contributed by atoms with E-state index in [-0.39, 0.29) is 24.4 Å². The first-order chi connectivity index (χ1) is 18.7. The number of nitrogens with two attached hydrogens (primary N) is 2. The SMILES string of the molecule is C/C=C(\N=C(OC)C1CCC[N+]1=C(N)N)c1ccc(OCCCCOC)c(C(F)(F)F)c1.COC(=O)C(F)(F)F. The van der Waals surface area contributed by atoms with E-state index >= 15 is 0 Å². The number of halogens is 6. The van der Waals surface area contributed by atoms with Gasteiger partial charge >= 0.3 is 24.3 Å². The van der Waals surface area contributed by atoms with Crippen molar-refractivity contribution in [3.05, 3.63) is 35.4 Å². The van der Waals surface area contributed by atoms with E-state index in [0.29, 0.717) is 50.3 Å². The van der Waals surface area contributed by atoms with Gasteiger partial charge in [-0.05, 0) is 50.8 Å². The minimum atomic E-state index is -4.85. The number of methoxy groups -OCH3 is 3. The average molecular weight is 586 g/mol. The monoisotopic (exact) mass is 585 g/mol. The molecule has 2 rings (SSSR count). The van der Waals surface area contributed by atoms with E-state index in [4.69, 9.17) is 25.7 Å². The van der Waals surface area contributed by atoms with Crippen LogP contribution in [0.25, 0.3) is 5.70 Å². The van der Waals surface area contributed by atoms with Crippen LogP contribution in [0.15, 0.2) is 29.3 Å². The number of alkyl halides is 6. The number of esters is 1. The first-order valence-corrected chi connectivity index (χ1v) is 12.1. The molecular formula is C25H35F6N4O5+. The molecule has 0 spiro atoms. The standard InChI is InChI=1S/C22H31F3N4O3.C3H3F3O2/c1-4-17(28-20(31-3)18-8-7-11-29(18)21(26)27)15-9-10-19(16(14-15)22(23,24)25)32-13-6-5-12-30-2;1-8-2(7)3(4,5)6/h4,9-10,14,18H,5-8,11-13H2,1-3H3,(H3,26,27);1H3/p+1/b17-4-,28-20?;. The number of benzene rings is 1. The maximum absolute atomic E-state index is 13.7. The van der Waals surface area contributed by atoms with Crippen LogP contribution in [0.3, 0.4) is 0 Å². The van der Waals surface area contributed by atoms with Crippen molar-refractivity contribution < 1.29 is 54.7 Å². The molecule has 1 aromatic carbocycles. The summed E-state index contributed by atoms with van der Waals surface area (Å²) in [7, 11) is 3.72. The number of rotatable bonds is 9. The lowest BCUT2D eigenvalue weighted by Gasteiger charge is -2.17. The van der Waals surface area contributed by atoms with Crippen LogP contribution in [0.1, 0.15) is 43.7 Å². The Morgan fingerprint density at radius 1 is 1.07 bits per heavy atom. The van der Waals surface area contributed by atoms with E-state index in [0.717, 1.165) is 18.9 Å². The highest BCUT2D eigenvalue weighted by Crippen LogP contribution is 2.38. The topological polar surface area (TPSA) is 121 Å². The Kier molecular flexibility index (Phi) is 13.8. The number of hydrogen-bond acceptors (Lipinski definition) is 6. The number of carbonyl (C=O) groups is 1. The van der Waals surface area contributed by atoms with Gasteiger partial charge in [-0.25, -0.2) is 9.79 Å². The first kappa shape index (κ1) is 34.5. The van der Waals surface area contributed by atoms with E-state index in [1.54, 1.807) is 30.8 Å². The summed E-state index contributed by atoms with van der Waals surface area (Å²) in [6.45, 7) is 3.07. The van der Waals surface area contributed by atoms with E-state index < -0.39 is 23.9 Å². The number of guanidine groups is 1. The number of allylic oxidation sites excluding steroid dienone is 1. The van der Waals surface area contributed by atoms with Gasteiger partial charge in [0.2, 0.25) is 5.90 Å². The Morgan fingerprint density at radius 2 is 1.73 bits per heavy atom. The number of ether oxygens (including phenoxy) is 4. The van der Waals surface area contributed by atoms with Crippen molar-refractivity contribution in [2.75, 3.05) is 41.1 Å². The van der Waals surface area contributed by atoms with Crippen molar-refractivity contribution in [2.45, 2.75) is 51.0 Å². The Hall–Kier alpha value is -3.49.